The van der Waals surface area contributed by atoms with Gasteiger partial charge in [0.25, 0.3) is 0 Å². The Labute approximate surface area is 148 Å². The number of likely N-dealkylation sites (tertiary alicyclic amines) is 1. The summed E-state index contributed by atoms with van der Waals surface area (Å²) in [5.41, 5.74) is 0.586. The number of nitrogens with one attached hydrogen (secondary N) is 1. The first-order valence-corrected chi connectivity index (χ1v) is 10.4. The predicted molar refractivity (Wildman–Crippen MR) is 94.3 cm³/mol. The Kier molecular flexibility index (Phi) is 5.02. The van der Waals surface area contributed by atoms with Gasteiger partial charge in [0, 0.05) is 31.9 Å². The van der Waals surface area contributed by atoms with Crippen LogP contribution in [-0.2, 0) is 10.0 Å². The van der Waals surface area contributed by atoms with E-state index in [1.165, 1.54) is 18.4 Å². The van der Waals surface area contributed by atoms with Gasteiger partial charge in [0.15, 0.2) is 0 Å². The number of halogens is 1. The molecule has 1 aromatic carbocycles. The SMILES string of the molecule is CS(=O)(=O)N1CCC2(CCN(C(=O)Nc3cccc(F)c3)CC2)CC1. The van der Waals surface area contributed by atoms with Gasteiger partial charge in [-0.15, -0.1) is 0 Å². The van der Waals surface area contributed by atoms with E-state index in [4.69, 9.17) is 0 Å². The second-order valence-electron chi connectivity index (χ2n) is 7.09. The summed E-state index contributed by atoms with van der Waals surface area (Å²) in [5.74, 6) is -0.381. The average molecular weight is 369 g/mol. The maximum atomic E-state index is 13.2. The average Bonchev–Trinajstić information content (AvgIpc) is 2.55. The van der Waals surface area contributed by atoms with E-state index in [2.05, 4.69) is 5.32 Å². The molecule has 2 saturated heterocycles. The molecule has 2 aliphatic rings. The van der Waals surface area contributed by atoms with Gasteiger partial charge in [-0.25, -0.2) is 21.9 Å². The highest BCUT2D eigenvalue weighted by Gasteiger charge is 2.40. The van der Waals surface area contributed by atoms with E-state index in [9.17, 15) is 17.6 Å². The highest BCUT2D eigenvalue weighted by molar-refractivity contribution is 7.88. The van der Waals surface area contributed by atoms with Crippen molar-refractivity contribution in [3.8, 4) is 0 Å². The van der Waals surface area contributed by atoms with Crippen molar-refractivity contribution in [1.29, 1.82) is 0 Å². The van der Waals surface area contributed by atoms with Crippen LogP contribution < -0.4 is 5.32 Å². The first kappa shape index (κ1) is 18.1. The molecular formula is C17H24FN3O3S. The number of piperidine rings is 2. The number of sulfonamides is 1. The Hall–Kier alpha value is -1.67. The molecule has 138 valence electrons. The molecule has 1 spiro atoms. The van der Waals surface area contributed by atoms with E-state index in [-0.39, 0.29) is 17.3 Å². The van der Waals surface area contributed by atoms with E-state index >= 15 is 0 Å². The minimum absolute atomic E-state index is 0.136. The molecule has 0 radical (unpaired) electrons. The third kappa shape index (κ3) is 4.30. The fraction of sp³-hybridized carbons (Fsp3) is 0.588. The second-order valence-corrected chi connectivity index (χ2v) is 9.07. The molecule has 1 N–H and O–H groups in total. The molecule has 1 aromatic rings. The fourth-order valence-electron chi connectivity index (χ4n) is 3.75. The minimum Gasteiger partial charge on any atom is -0.324 e. The molecule has 0 aliphatic carbocycles. The Balaban J connectivity index is 1.53. The summed E-state index contributed by atoms with van der Waals surface area (Å²) in [6.45, 7) is 2.41. The number of nitrogens with zero attached hydrogens (tertiary/aromatic N) is 2. The van der Waals surface area contributed by atoms with Gasteiger partial charge in [0.1, 0.15) is 5.82 Å². The number of carbonyl (C=O) groups is 1. The number of urea groups is 1. The first-order valence-electron chi connectivity index (χ1n) is 8.54. The number of hydrogen-bond donors (Lipinski definition) is 1. The van der Waals surface area contributed by atoms with E-state index in [0.717, 1.165) is 25.7 Å². The summed E-state index contributed by atoms with van der Waals surface area (Å²) in [7, 11) is -3.12. The predicted octanol–water partition coefficient (Wildman–Crippen LogP) is 2.50. The van der Waals surface area contributed by atoms with Crippen molar-refractivity contribution in [2.75, 3.05) is 37.8 Å². The van der Waals surface area contributed by atoms with Gasteiger partial charge in [-0.05, 0) is 49.3 Å². The zero-order chi connectivity index (χ0) is 18.1. The molecule has 3 rings (SSSR count). The summed E-state index contributed by atoms with van der Waals surface area (Å²) >= 11 is 0. The van der Waals surface area contributed by atoms with Crippen LogP contribution in [0.15, 0.2) is 24.3 Å². The highest BCUT2D eigenvalue weighted by Crippen LogP contribution is 2.41. The van der Waals surface area contributed by atoms with Crippen molar-refractivity contribution < 1.29 is 17.6 Å². The molecular weight excluding hydrogens is 345 g/mol. The van der Waals surface area contributed by atoms with E-state index in [1.807, 2.05) is 0 Å². The van der Waals surface area contributed by atoms with Crippen molar-refractivity contribution in [2.45, 2.75) is 25.7 Å². The van der Waals surface area contributed by atoms with E-state index in [1.54, 1.807) is 21.3 Å². The van der Waals surface area contributed by atoms with E-state index in [0.29, 0.717) is 31.9 Å². The molecule has 2 amide bonds. The summed E-state index contributed by atoms with van der Waals surface area (Å²) in [4.78, 5) is 14.1. The highest BCUT2D eigenvalue weighted by atomic mass is 32.2. The summed E-state index contributed by atoms with van der Waals surface area (Å²) in [6.07, 6.45) is 4.70. The van der Waals surface area contributed by atoms with Crippen molar-refractivity contribution in [3.05, 3.63) is 30.1 Å². The van der Waals surface area contributed by atoms with Gasteiger partial charge in [-0.2, -0.15) is 0 Å². The lowest BCUT2D eigenvalue weighted by Gasteiger charge is -2.46. The van der Waals surface area contributed by atoms with Gasteiger partial charge in [-0.3, -0.25) is 0 Å². The summed E-state index contributed by atoms with van der Waals surface area (Å²) in [6, 6.07) is 5.64. The Morgan fingerprint density at radius 3 is 2.28 bits per heavy atom. The van der Waals surface area contributed by atoms with Gasteiger partial charge in [-0.1, -0.05) is 6.07 Å². The van der Waals surface area contributed by atoms with Crippen LogP contribution in [0.4, 0.5) is 14.9 Å². The molecule has 2 aliphatic heterocycles. The van der Waals surface area contributed by atoms with Crippen LogP contribution in [0.1, 0.15) is 25.7 Å². The fourth-order valence-corrected chi connectivity index (χ4v) is 4.59. The molecule has 0 bridgehead atoms. The smallest absolute Gasteiger partial charge is 0.321 e. The van der Waals surface area contributed by atoms with E-state index < -0.39 is 10.0 Å². The number of amides is 2. The Morgan fingerprint density at radius 2 is 1.72 bits per heavy atom. The normalized spacial score (nSPS) is 21.3. The molecule has 2 fully saturated rings. The third-order valence-corrected chi connectivity index (χ3v) is 6.74. The molecule has 0 unspecified atom stereocenters. The lowest BCUT2D eigenvalue weighted by atomic mass is 9.71. The molecule has 0 atom stereocenters. The number of rotatable bonds is 2. The van der Waals surface area contributed by atoms with Crippen LogP contribution in [0.5, 0.6) is 0 Å². The zero-order valence-corrected chi connectivity index (χ0v) is 15.2. The number of anilines is 1. The van der Waals surface area contributed by atoms with Crippen LogP contribution in [0.25, 0.3) is 0 Å². The van der Waals surface area contributed by atoms with Crippen molar-refractivity contribution in [2.24, 2.45) is 5.41 Å². The molecule has 8 heteroatoms. The lowest BCUT2D eigenvalue weighted by Crippen LogP contribution is -2.49. The van der Waals surface area contributed by atoms with Gasteiger partial charge in [0.05, 0.1) is 6.26 Å². The molecule has 2 heterocycles. The second kappa shape index (κ2) is 6.92. The standard InChI is InChI=1S/C17H24FN3O3S/c1-25(23,24)21-11-7-17(8-12-21)5-9-20(10-6-17)16(22)19-15-4-2-3-14(18)13-15/h2-4,13H,5-12H2,1H3,(H,19,22). The van der Waals surface area contributed by atoms with Crippen molar-refractivity contribution >= 4 is 21.7 Å². The molecule has 0 aromatic heterocycles. The number of carbonyl (C=O) groups excluding carboxylic acids is 1. The van der Waals surface area contributed by atoms with Gasteiger partial charge in [0.2, 0.25) is 10.0 Å². The maximum Gasteiger partial charge on any atom is 0.321 e. The topological polar surface area (TPSA) is 69.7 Å². The largest absolute Gasteiger partial charge is 0.324 e. The number of hydrogen-bond acceptors (Lipinski definition) is 3. The number of benzene rings is 1. The Bertz CT molecular complexity index is 735. The lowest BCUT2D eigenvalue weighted by molar-refractivity contribution is 0.0717. The molecule has 6 nitrogen and oxygen atoms in total. The third-order valence-electron chi connectivity index (χ3n) is 5.44. The first-order chi connectivity index (χ1) is 11.8. The van der Waals surface area contributed by atoms with Crippen molar-refractivity contribution in [1.82, 2.24) is 9.21 Å². The van der Waals surface area contributed by atoms with Crippen molar-refractivity contribution in [3.63, 3.8) is 0 Å². The van der Waals surface area contributed by atoms with Gasteiger partial charge >= 0.3 is 6.03 Å². The minimum atomic E-state index is -3.12. The maximum absolute atomic E-state index is 13.2. The summed E-state index contributed by atoms with van der Waals surface area (Å²) in [5, 5.41) is 2.73. The molecule has 0 saturated carbocycles. The van der Waals surface area contributed by atoms with Crippen LogP contribution >= 0.6 is 0 Å². The Morgan fingerprint density at radius 1 is 1.12 bits per heavy atom. The summed E-state index contributed by atoms with van der Waals surface area (Å²) < 4.78 is 38.0. The van der Waals surface area contributed by atoms with Gasteiger partial charge < -0.3 is 10.2 Å². The van der Waals surface area contributed by atoms with Crippen LogP contribution in [0.2, 0.25) is 0 Å². The van der Waals surface area contributed by atoms with Crippen LogP contribution in [0, 0.1) is 11.2 Å². The quantitative estimate of drug-likeness (QED) is 0.871. The van der Waals surface area contributed by atoms with Crippen LogP contribution in [-0.4, -0.2) is 56.1 Å². The van der Waals surface area contributed by atoms with Crippen LogP contribution in [0.3, 0.4) is 0 Å². The molecule has 25 heavy (non-hydrogen) atoms. The monoisotopic (exact) mass is 369 g/mol. The zero-order valence-electron chi connectivity index (χ0n) is 14.4.